The third-order valence-electron chi connectivity index (χ3n) is 2.53. The van der Waals surface area contributed by atoms with Gasteiger partial charge in [-0.2, -0.15) is 0 Å². The first-order valence-corrected chi connectivity index (χ1v) is 5.98. The monoisotopic (exact) mass is 222 g/mol. The molecule has 0 amide bonds. The van der Waals surface area contributed by atoms with Crippen LogP contribution in [0.5, 0.6) is 0 Å². The second kappa shape index (κ2) is 6.66. The highest BCUT2D eigenvalue weighted by molar-refractivity contribution is 5.24. The van der Waals surface area contributed by atoms with Crippen molar-refractivity contribution in [3.8, 4) is 0 Å². The number of aliphatic hydroxyl groups is 1. The Hall–Kier alpha value is -0.860. The zero-order chi connectivity index (χ0) is 12.0. The molecule has 1 aromatic carbocycles. The zero-order valence-corrected chi connectivity index (χ0v) is 10.4. The molecule has 0 fully saturated rings. The van der Waals surface area contributed by atoms with Crippen LogP contribution in [0.15, 0.2) is 24.3 Å². The molecule has 90 valence electrons. The molecule has 0 radical (unpaired) electrons. The third kappa shape index (κ3) is 3.95. The fourth-order valence-electron chi connectivity index (χ4n) is 1.80. The minimum absolute atomic E-state index is 0.0391. The molecule has 1 atom stereocenters. The molecule has 0 aliphatic rings. The standard InChI is InChI=1S/C14H22O2/c1-4-16-14(10-15)13-7-5-12(6-8-13)9-11(2)3/h5-8,11,14-15H,4,9-10H2,1-3H3/t14-/m0/s1. The molecule has 0 heterocycles. The lowest BCUT2D eigenvalue weighted by atomic mass is 10.0. The minimum Gasteiger partial charge on any atom is -0.393 e. The van der Waals surface area contributed by atoms with Gasteiger partial charge in [-0.05, 0) is 30.4 Å². The van der Waals surface area contributed by atoms with Crippen molar-refractivity contribution in [2.24, 2.45) is 5.92 Å². The van der Waals surface area contributed by atoms with Crippen LogP contribution in [0.4, 0.5) is 0 Å². The van der Waals surface area contributed by atoms with Gasteiger partial charge in [-0.15, -0.1) is 0 Å². The van der Waals surface area contributed by atoms with E-state index in [1.807, 2.05) is 19.1 Å². The van der Waals surface area contributed by atoms with Gasteiger partial charge in [0.1, 0.15) is 6.10 Å². The summed E-state index contributed by atoms with van der Waals surface area (Å²) in [6.07, 6.45) is 0.914. The van der Waals surface area contributed by atoms with Crippen molar-refractivity contribution >= 4 is 0 Å². The predicted octanol–water partition coefficient (Wildman–Crippen LogP) is 2.96. The second-order valence-electron chi connectivity index (χ2n) is 4.47. The highest BCUT2D eigenvalue weighted by Crippen LogP contribution is 2.18. The van der Waals surface area contributed by atoms with E-state index in [2.05, 4.69) is 26.0 Å². The van der Waals surface area contributed by atoms with E-state index < -0.39 is 0 Å². The van der Waals surface area contributed by atoms with Crippen LogP contribution in [-0.2, 0) is 11.2 Å². The lowest BCUT2D eigenvalue weighted by Crippen LogP contribution is -2.08. The molecule has 1 rings (SSSR count). The van der Waals surface area contributed by atoms with Gasteiger partial charge in [-0.3, -0.25) is 0 Å². The van der Waals surface area contributed by atoms with Gasteiger partial charge in [0.15, 0.2) is 0 Å². The van der Waals surface area contributed by atoms with Crippen molar-refractivity contribution in [1.82, 2.24) is 0 Å². The van der Waals surface area contributed by atoms with Crippen molar-refractivity contribution in [3.63, 3.8) is 0 Å². The first-order valence-electron chi connectivity index (χ1n) is 5.98. The fourth-order valence-corrected chi connectivity index (χ4v) is 1.80. The van der Waals surface area contributed by atoms with Crippen molar-refractivity contribution in [2.75, 3.05) is 13.2 Å². The van der Waals surface area contributed by atoms with Crippen LogP contribution in [0.2, 0.25) is 0 Å². The van der Waals surface area contributed by atoms with Crippen LogP contribution < -0.4 is 0 Å². The van der Waals surface area contributed by atoms with E-state index in [0.29, 0.717) is 12.5 Å². The molecule has 2 heteroatoms. The molecule has 0 saturated heterocycles. The van der Waals surface area contributed by atoms with Gasteiger partial charge >= 0.3 is 0 Å². The van der Waals surface area contributed by atoms with Crippen LogP contribution >= 0.6 is 0 Å². The minimum atomic E-state index is -0.182. The number of hydrogen-bond acceptors (Lipinski definition) is 2. The summed E-state index contributed by atoms with van der Waals surface area (Å²) in [6, 6.07) is 8.34. The fraction of sp³-hybridized carbons (Fsp3) is 0.571. The number of benzene rings is 1. The Balaban J connectivity index is 2.69. The maximum atomic E-state index is 9.20. The van der Waals surface area contributed by atoms with Gasteiger partial charge in [0.25, 0.3) is 0 Å². The molecule has 0 spiro atoms. The van der Waals surface area contributed by atoms with Crippen molar-refractivity contribution < 1.29 is 9.84 Å². The zero-order valence-electron chi connectivity index (χ0n) is 10.4. The van der Waals surface area contributed by atoms with E-state index in [-0.39, 0.29) is 12.7 Å². The summed E-state index contributed by atoms with van der Waals surface area (Å²) in [4.78, 5) is 0. The van der Waals surface area contributed by atoms with Gasteiger partial charge in [0.05, 0.1) is 6.61 Å². The topological polar surface area (TPSA) is 29.5 Å². The van der Waals surface area contributed by atoms with E-state index >= 15 is 0 Å². The lowest BCUT2D eigenvalue weighted by Gasteiger charge is -2.15. The number of rotatable bonds is 6. The molecule has 0 aliphatic heterocycles. The molecule has 2 nitrogen and oxygen atoms in total. The molecule has 1 N–H and O–H groups in total. The van der Waals surface area contributed by atoms with Crippen molar-refractivity contribution in [1.29, 1.82) is 0 Å². The molecular formula is C14H22O2. The molecule has 0 unspecified atom stereocenters. The van der Waals surface area contributed by atoms with Gasteiger partial charge in [-0.1, -0.05) is 38.1 Å². The summed E-state index contributed by atoms with van der Waals surface area (Å²) >= 11 is 0. The third-order valence-corrected chi connectivity index (χ3v) is 2.53. The average Bonchev–Trinajstić information content (AvgIpc) is 2.26. The van der Waals surface area contributed by atoms with E-state index in [1.54, 1.807) is 0 Å². The van der Waals surface area contributed by atoms with Crippen LogP contribution in [0.1, 0.15) is 38.0 Å². The first-order chi connectivity index (χ1) is 7.67. The normalized spacial score (nSPS) is 13.1. The van der Waals surface area contributed by atoms with Gasteiger partial charge < -0.3 is 9.84 Å². The second-order valence-corrected chi connectivity index (χ2v) is 4.47. The van der Waals surface area contributed by atoms with E-state index in [0.717, 1.165) is 12.0 Å². The van der Waals surface area contributed by atoms with Gasteiger partial charge in [0.2, 0.25) is 0 Å². The number of hydrogen-bond donors (Lipinski definition) is 1. The summed E-state index contributed by atoms with van der Waals surface area (Å²) in [5.41, 5.74) is 2.39. The average molecular weight is 222 g/mol. The van der Waals surface area contributed by atoms with Gasteiger partial charge in [0, 0.05) is 6.61 Å². The first kappa shape index (κ1) is 13.2. The Morgan fingerprint density at radius 3 is 2.25 bits per heavy atom. The summed E-state index contributed by atoms with van der Waals surface area (Å²) < 4.78 is 5.45. The molecule has 1 aromatic rings. The van der Waals surface area contributed by atoms with E-state index in [9.17, 15) is 5.11 Å². The molecular weight excluding hydrogens is 200 g/mol. The Labute approximate surface area is 98.3 Å². The van der Waals surface area contributed by atoms with Gasteiger partial charge in [-0.25, -0.2) is 0 Å². The Morgan fingerprint density at radius 1 is 1.19 bits per heavy atom. The highest BCUT2D eigenvalue weighted by atomic mass is 16.5. The maximum absolute atomic E-state index is 9.20. The largest absolute Gasteiger partial charge is 0.393 e. The number of aliphatic hydroxyl groups excluding tert-OH is 1. The summed E-state index contributed by atoms with van der Waals surface area (Å²) in [5, 5.41) is 9.20. The summed E-state index contributed by atoms with van der Waals surface area (Å²) in [7, 11) is 0. The smallest absolute Gasteiger partial charge is 0.105 e. The maximum Gasteiger partial charge on any atom is 0.105 e. The summed E-state index contributed by atoms with van der Waals surface area (Å²) in [5.74, 6) is 0.673. The molecule has 0 aromatic heterocycles. The van der Waals surface area contributed by atoms with Crippen LogP contribution in [0.3, 0.4) is 0 Å². The molecule has 0 bridgehead atoms. The molecule has 0 saturated carbocycles. The summed E-state index contributed by atoms with van der Waals surface area (Å²) in [6.45, 7) is 7.03. The Morgan fingerprint density at radius 2 is 1.81 bits per heavy atom. The Bertz CT molecular complexity index is 290. The predicted molar refractivity (Wildman–Crippen MR) is 66.4 cm³/mol. The molecule has 16 heavy (non-hydrogen) atoms. The van der Waals surface area contributed by atoms with Crippen LogP contribution in [0.25, 0.3) is 0 Å². The highest BCUT2D eigenvalue weighted by Gasteiger charge is 2.09. The van der Waals surface area contributed by atoms with Crippen LogP contribution in [0, 0.1) is 5.92 Å². The Kier molecular flexibility index (Phi) is 5.50. The van der Waals surface area contributed by atoms with E-state index in [1.165, 1.54) is 5.56 Å². The number of ether oxygens (including phenoxy) is 1. The molecule has 0 aliphatic carbocycles. The van der Waals surface area contributed by atoms with Crippen molar-refractivity contribution in [2.45, 2.75) is 33.3 Å². The SMILES string of the molecule is CCO[C@@H](CO)c1ccc(CC(C)C)cc1. The quantitative estimate of drug-likeness (QED) is 0.802. The van der Waals surface area contributed by atoms with E-state index in [4.69, 9.17) is 4.74 Å². The van der Waals surface area contributed by atoms with Crippen molar-refractivity contribution in [3.05, 3.63) is 35.4 Å². The lowest BCUT2D eigenvalue weighted by molar-refractivity contribution is 0.0189. The van der Waals surface area contributed by atoms with Crippen LogP contribution in [-0.4, -0.2) is 18.3 Å².